The van der Waals surface area contributed by atoms with Crippen LogP contribution in [0.15, 0.2) is 6.33 Å². The van der Waals surface area contributed by atoms with Crippen molar-refractivity contribution in [3.05, 3.63) is 22.2 Å². The summed E-state index contributed by atoms with van der Waals surface area (Å²) in [4.78, 5) is 19.7. The number of rotatable bonds is 4. The Morgan fingerprint density at radius 1 is 1.67 bits per heavy atom. The number of aromatic nitrogens is 4. The van der Waals surface area contributed by atoms with Crippen LogP contribution in [0.4, 0.5) is 5.13 Å². The maximum atomic E-state index is 11.3. The van der Waals surface area contributed by atoms with Crippen LogP contribution in [0.2, 0.25) is 5.15 Å². The predicted octanol–water partition coefficient (Wildman–Crippen LogP) is 1.32. The molecule has 2 aromatic rings. The highest BCUT2D eigenvalue weighted by atomic mass is 35.5. The zero-order valence-electron chi connectivity index (χ0n) is 9.68. The fourth-order valence-electron chi connectivity index (χ4n) is 1.23. The monoisotopic (exact) mass is 287 g/mol. The molecule has 0 atom stereocenters. The molecule has 2 rings (SSSR count). The lowest BCUT2D eigenvalue weighted by atomic mass is 10.6. The lowest BCUT2D eigenvalue weighted by Crippen LogP contribution is -2.06. The summed E-state index contributed by atoms with van der Waals surface area (Å²) in [7, 11) is 3.09. The molecule has 0 spiro atoms. The maximum absolute atomic E-state index is 11.3. The van der Waals surface area contributed by atoms with E-state index in [0.29, 0.717) is 11.7 Å². The van der Waals surface area contributed by atoms with E-state index >= 15 is 0 Å². The Morgan fingerprint density at radius 2 is 2.44 bits per heavy atom. The molecular formula is C9H10ClN5O2S. The summed E-state index contributed by atoms with van der Waals surface area (Å²) >= 11 is 6.97. The molecule has 96 valence electrons. The van der Waals surface area contributed by atoms with Crippen LogP contribution in [0.5, 0.6) is 0 Å². The van der Waals surface area contributed by atoms with Crippen LogP contribution in [-0.4, -0.2) is 32.8 Å². The molecule has 0 aliphatic heterocycles. The molecule has 18 heavy (non-hydrogen) atoms. The largest absolute Gasteiger partial charge is 0.465 e. The molecular weight excluding hydrogens is 278 g/mol. The first-order chi connectivity index (χ1) is 8.61. The molecule has 0 saturated heterocycles. The van der Waals surface area contributed by atoms with Crippen molar-refractivity contribution in [3.63, 3.8) is 0 Å². The number of ether oxygens (including phenoxy) is 1. The Balaban J connectivity index is 2.07. The van der Waals surface area contributed by atoms with Gasteiger partial charge < -0.3 is 10.1 Å². The predicted molar refractivity (Wildman–Crippen MR) is 66.8 cm³/mol. The van der Waals surface area contributed by atoms with Crippen LogP contribution in [-0.2, 0) is 18.3 Å². The number of hydrogen-bond donors (Lipinski definition) is 1. The van der Waals surface area contributed by atoms with Gasteiger partial charge >= 0.3 is 5.97 Å². The van der Waals surface area contributed by atoms with Gasteiger partial charge in [0.1, 0.15) is 12.2 Å². The normalized spacial score (nSPS) is 10.4. The fraction of sp³-hybridized carbons (Fsp3) is 0.333. The summed E-state index contributed by atoms with van der Waals surface area (Å²) < 4.78 is 6.24. The number of halogens is 1. The SMILES string of the molecule is COC(=O)c1sc(NCc2ncnn2C)nc1Cl. The number of carbonyl (C=O) groups is 1. The van der Waals surface area contributed by atoms with Gasteiger partial charge in [-0.1, -0.05) is 22.9 Å². The summed E-state index contributed by atoms with van der Waals surface area (Å²) in [5.74, 6) is 0.255. The molecule has 0 fully saturated rings. The third-order valence-electron chi connectivity index (χ3n) is 2.16. The van der Waals surface area contributed by atoms with Gasteiger partial charge in [0.25, 0.3) is 0 Å². The van der Waals surface area contributed by atoms with Crippen molar-refractivity contribution in [2.45, 2.75) is 6.54 Å². The lowest BCUT2D eigenvalue weighted by Gasteiger charge is -2.00. The average molecular weight is 288 g/mol. The van der Waals surface area contributed by atoms with Crippen LogP contribution < -0.4 is 5.32 Å². The molecule has 0 radical (unpaired) electrons. The maximum Gasteiger partial charge on any atom is 0.351 e. The van der Waals surface area contributed by atoms with E-state index in [1.807, 2.05) is 0 Å². The molecule has 0 aliphatic rings. The number of hydrogen-bond acceptors (Lipinski definition) is 7. The van der Waals surface area contributed by atoms with Gasteiger partial charge in [-0.25, -0.2) is 14.8 Å². The Hall–Kier alpha value is -1.67. The molecule has 2 aromatic heterocycles. The minimum absolute atomic E-state index is 0.132. The minimum atomic E-state index is -0.496. The number of anilines is 1. The van der Waals surface area contributed by atoms with Crippen LogP contribution in [0.3, 0.4) is 0 Å². The number of aryl methyl sites for hydroxylation is 1. The number of methoxy groups -OCH3 is 1. The van der Waals surface area contributed by atoms with Crippen molar-refractivity contribution in [2.24, 2.45) is 7.05 Å². The number of nitrogens with zero attached hydrogens (tertiary/aromatic N) is 4. The van der Waals surface area contributed by atoms with Gasteiger partial charge in [-0.3, -0.25) is 4.68 Å². The highest BCUT2D eigenvalue weighted by Gasteiger charge is 2.17. The quantitative estimate of drug-likeness (QED) is 0.854. The van der Waals surface area contributed by atoms with Crippen molar-refractivity contribution < 1.29 is 9.53 Å². The third kappa shape index (κ3) is 2.59. The molecule has 0 amide bonds. The van der Waals surface area contributed by atoms with Crippen LogP contribution in [0, 0.1) is 0 Å². The smallest absolute Gasteiger partial charge is 0.351 e. The van der Waals surface area contributed by atoms with Gasteiger partial charge in [0, 0.05) is 7.05 Å². The zero-order chi connectivity index (χ0) is 13.1. The summed E-state index contributed by atoms with van der Waals surface area (Å²) in [6.07, 6.45) is 1.46. The second-order valence-electron chi connectivity index (χ2n) is 3.28. The molecule has 0 aliphatic carbocycles. The average Bonchev–Trinajstić information content (AvgIpc) is 2.92. The van der Waals surface area contributed by atoms with E-state index in [-0.39, 0.29) is 10.0 Å². The van der Waals surface area contributed by atoms with Crippen molar-refractivity contribution in [2.75, 3.05) is 12.4 Å². The van der Waals surface area contributed by atoms with Gasteiger partial charge in [-0.2, -0.15) is 5.10 Å². The Labute approximate surface area is 112 Å². The van der Waals surface area contributed by atoms with E-state index in [2.05, 4.69) is 25.1 Å². The van der Waals surface area contributed by atoms with E-state index in [0.717, 1.165) is 17.2 Å². The first-order valence-corrected chi connectivity index (χ1v) is 6.12. The van der Waals surface area contributed by atoms with Crippen LogP contribution >= 0.6 is 22.9 Å². The summed E-state index contributed by atoms with van der Waals surface area (Å²) in [5.41, 5.74) is 0. The molecule has 1 N–H and O–H groups in total. The Morgan fingerprint density at radius 3 is 3.06 bits per heavy atom. The molecule has 0 saturated carbocycles. The van der Waals surface area contributed by atoms with Gasteiger partial charge in [0.05, 0.1) is 13.7 Å². The summed E-state index contributed by atoms with van der Waals surface area (Å²) in [5, 5.41) is 7.62. The number of carbonyl (C=O) groups excluding carboxylic acids is 1. The van der Waals surface area contributed by atoms with E-state index in [9.17, 15) is 4.79 Å². The first kappa shape index (κ1) is 12.8. The molecule has 0 unspecified atom stereocenters. The molecule has 0 bridgehead atoms. The van der Waals surface area contributed by atoms with E-state index in [1.54, 1.807) is 11.7 Å². The molecule has 0 aromatic carbocycles. The Bertz CT molecular complexity index is 567. The number of thiazole rings is 1. The van der Waals surface area contributed by atoms with Crippen LogP contribution in [0.25, 0.3) is 0 Å². The van der Waals surface area contributed by atoms with Gasteiger partial charge in [-0.05, 0) is 0 Å². The summed E-state index contributed by atoms with van der Waals surface area (Å²) in [6.45, 7) is 0.445. The zero-order valence-corrected chi connectivity index (χ0v) is 11.2. The number of nitrogens with one attached hydrogen (secondary N) is 1. The molecule has 2 heterocycles. The topological polar surface area (TPSA) is 81.9 Å². The van der Waals surface area contributed by atoms with E-state index < -0.39 is 5.97 Å². The lowest BCUT2D eigenvalue weighted by molar-refractivity contribution is 0.0606. The molecule has 9 heteroatoms. The fourth-order valence-corrected chi connectivity index (χ4v) is 2.33. The van der Waals surface area contributed by atoms with Gasteiger partial charge in [0.15, 0.2) is 15.2 Å². The number of esters is 1. The minimum Gasteiger partial charge on any atom is -0.465 e. The molecule has 7 nitrogen and oxygen atoms in total. The second kappa shape index (κ2) is 5.32. The Kier molecular flexibility index (Phi) is 3.78. The second-order valence-corrected chi connectivity index (χ2v) is 4.64. The standard InChI is InChI=1S/C9H10ClN5O2S/c1-15-5(12-4-13-15)3-11-9-14-7(10)6(18-9)8(16)17-2/h4H,3H2,1-2H3,(H,11,14). The van der Waals surface area contributed by atoms with Gasteiger partial charge in [-0.15, -0.1) is 0 Å². The van der Waals surface area contributed by atoms with Crippen LogP contribution in [0.1, 0.15) is 15.5 Å². The summed E-state index contributed by atoms with van der Waals surface area (Å²) in [6, 6.07) is 0. The van der Waals surface area contributed by atoms with E-state index in [1.165, 1.54) is 13.4 Å². The van der Waals surface area contributed by atoms with Crippen molar-refractivity contribution in [1.29, 1.82) is 0 Å². The van der Waals surface area contributed by atoms with Crippen molar-refractivity contribution >= 4 is 34.0 Å². The highest BCUT2D eigenvalue weighted by molar-refractivity contribution is 7.18. The van der Waals surface area contributed by atoms with E-state index in [4.69, 9.17) is 11.6 Å². The van der Waals surface area contributed by atoms with Crippen molar-refractivity contribution in [1.82, 2.24) is 19.7 Å². The highest BCUT2D eigenvalue weighted by Crippen LogP contribution is 2.27. The first-order valence-electron chi connectivity index (χ1n) is 4.93. The van der Waals surface area contributed by atoms with Gasteiger partial charge in [0.2, 0.25) is 0 Å². The van der Waals surface area contributed by atoms with Crippen molar-refractivity contribution in [3.8, 4) is 0 Å². The third-order valence-corrected chi connectivity index (χ3v) is 3.54.